The summed E-state index contributed by atoms with van der Waals surface area (Å²) in [6.45, 7) is 11.2. The van der Waals surface area contributed by atoms with E-state index < -0.39 is 5.97 Å². The fourth-order valence-electron chi connectivity index (χ4n) is 2.47. The minimum absolute atomic E-state index is 0.144. The molecule has 0 atom stereocenters. The zero-order chi connectivity index (χ0) is 14.6. The van der Waals surface area contributed by atoms with E-state index in [9.17, 15) is 4.79 Å². The zero-order valence-corrected chi connectivity index (χ0v) is 12.7. The van der Waals surface area contributed by atoms with E-state index in [2.05, 4.69) is 22.5 Å². The van der Waals surface area contributed by atoms with Crippen LogP contribution in [0.3, 0.4) is 0 Å². The number of nitrogens with zero attached hydrogens (tertiary/aromatic N) is 2. The normalized spacial score (nSPS) is 22.2. The van der Waals surface area contributed by atoms with Gasteiger partial charge in [-0.15, -0.1) is 0 Å². The molecule has 6 nitrogen and oxygen atoms in total. The Kier molecular flexibility index (Phi) is 9.57. The lowest BCUT2D eigenvalue weighted by molar-refractivity contribution is -0.138. The van der Waals surface area contributed by atoms with Crippen LogP contribution in [0.5, 0.6) is 0 Å². The van der Waals surface area contributed by atoms with Gasteiger partial charge in [0.15, 0.2) is 0 Å². The van der Waals surface area contributed by atoms with E-state index >= 15 is 0 Å². The van der Waals surface area contributed by atoms with E-state index in [0.29, 0.717) is 0 Å². The summed E-state index contributed by atoms with van der Waals surface area (Å²) >= 11 is 0. The van der Waals surface area contributed by atoms with Crippen LogP contribution in [0.4, 0.5) is 0 Å². The molecular formula is C14H30N4O2. The SMILES string of the molecule is CCN1CCCNCCN(CC(=O)O)CCCNCC1. The number of carbonyl (C=O) groups is 1. The van der Waals surface area contributed by atoms with Crippen molar-refractivity contribution in [1.82, 2.24) is 20.4 Å². The van der Waals surface area contributed by atoms with Crippen molar-refractivity contribution in [2.45, 2.75) is 19.8 Å². The lowest BCUT2D eigenvalue weighted by Gasteiger charge is -2.23. The topological polar surface area (TPSA) is 67.8 Å². The second-order valence-electron chi connectivity index (χ2n) is 5.31. The molecule has 20 heavy (non-hydrogen) atoms. The highest BCUT2D eigenvalue weighted by molar-refractivity contribution is 5.69. The second-order valence-corrected chi connectivity index (χ2v) is 5.31. The summed E-state index contributed by atoms with van der Waals surface area (Å²) in [5, 5.41) is 15.8. The minimum Gasteiger partial charge on any atom is -0.480 e. The van der Waals surface area contributed by atoms with E-state index in [4.69, 9.17) is 5.11 Å². The number of carboxylic acids is 1. The number of hydrogen-bond donors (Lipinski definition) is 3. The van der Waals surface area contributed by atoms with Gasteiger partial charge in [-0.3, -0.25) is 9.69 Å². The van der Waals surface area contributed by atoms with Crippen LogP contribution in [0.25, 0.3) is 0 Å². The Balaban J connectivity index is 2.33. The quantitative estimate of drug-likeness (QED) is 0.660. The van der Waals surface area contributed by atoms with Crippen molar-refractivity contribution in [1.29, 1.82) is 0 Å². The van der Waals surface area contributed by atoms with Crippen LogP contribution in [0.1, 0.15) is 19.8 Å². The molecule has 0 unspecified atom stereocenters. The highest BCUT2D eigenvalue weighted by Gasteiger charge is 2.09. The van der Waals surface area contributed by atoms with Crippen molar-refractivity contribution in [2.75, 3.05) is 65.4 Å². The number of nitrogens with one attached hydrogen (secondary N) is 2. The van der Waals surface area contributed by atoms with E-state index in [1.807, 2.05) is 4.90 Å². The van der Waals surface area contributed by atoms with E-state index in [0.717, 1.165) is 71.7 Å². The van der Waals surface area contributed by atoms with Crippen LogP contribution in [-0.2, 0) is 4.79 Å². The highest BCUT2D eigenvalue weighted by atomic mass is 16.4. The van der Waals surface area contributed by atoms with Crippen LogP contribution < -0.4 is 10.6 Å². The summed E-state index contributed by atoms with van der Waals surface area (Å²) in [5.41, 5.74) is 0. The van der Waals surface area contributed by atoms with Gasteiger partial charge in [-0.25, -0.2) is 0 Å². The van der Waals surface area contributed by atoms with Crippen molar-refractivity contribution >= 4 is 5.97 Å². The molecule has 118 valence electrons. The summed E-state index contributed by atoms with van der Waals surface area (Å²) in [6.07, 6.45) is 2.15. The van der Waals surface area contributed by atoms with E-state index in [1.54, 1.807) is 0 Å². The predicted octanol–water partition coefficient (Wildman–Crippen LogP) is -0.332. The fourth-order valence-corrected chi connectivity index (χ4v) is 2.47. The van der Waals surface area contributed by atoms with Gasteiger partial charge in [-0.05, 0) is 45.6 Å². The molecule has 1 aliphatic rings. The van der Waals surface area contributed by atoms with Gasteiger partial charge in [0.25, 0.3) is 0 Å². The Bertz CT molecular complexity index is 248. The molecular weight excluding hydrogens is 256 g/mol. The molecule has 0 aromatic rings. The Morgan fingerprint density at radius 3 is 2.05 bits per heavy atom. The molecule has 1 rings (SSSR count). The minimum atomic E-state index is -0.738. The Morgan fingerprint density at radius 1 is 0.950 bits per heavy atom. The van der Waals surface area contributed by atoms with Crippen LogP contribution in [0.2, 0.25) is 0 Å². The summed E-state index contributed by atoms with van der Waals surface area (Å²) in [6, 6.07) is 0. The molecule has 0 aliphatic carbocycles. The highest BCUT2D eigenvalue weighted by Crippen LogP contribution is 1.94. The second kappa shape index (κ2) is 11.0. The number of likely N-dealkylation sites (N-methyl/N-ethyl adjacent to an activating group) is 1. The lowest BCUT2D eigenvalue weighted by atomic mass is 10.3. The van der Waals surface area contributed by atoms with Gasteiger partial charge in [0.1, 0.15) is 0 Å². The largest absolute Gasteiger partial charge is 0.480 e. The van der Waals surface area contributed by atoms with Crippen molar-refractivity contribution in [3.05, 3.63) is 0 Å². The molecule has 0 saturated carbocycles. The Hall–Kier alpha value is -0.690. The van der Waals surface area contributed by atoms with Gasteiger partial charge in [0.2, 0.25) is 0 Å². The number of carboxylic acid groups (broad SMARTS) is 1. The smallest absolute Gasteiger partial charge is 0.317 e. The fraction of sp³-hybridized carbons (Fsp3) is 0.929. The number of aliphatic carboxylic acids is 1. The first-order valence-corrected chi connectivity index (χ1v) is 7.80. The van der Waals surface area contributed by atoms with Crippen molar-refractivity contribution in [3.63, 3.8) is 0 Å². The molecule has 3 N–H and O–H groups in total. The Morgan fingerprint density at radius 2 is 1.50 bits per heavy atom. The molecule has 6 heteroatoms. The first-order valence-electron chi connectivity index (χ1n) is 7.80. The third kappa shape index (κ3) is 8.47. The zero-order valence-electron chi connectivity index (χ0n) is 12.7. The maximum atomic E-state index is 10.8. The molecule has 0 aromatic carbocycles. The third-order valence-corrected chi connectivity index (χ3v) is 3.67. The molecule has 0 radical (unpaired) electrons. The van der Waals surface area contributed by atoms with Gasteiger partial charge in [0, 0.05) is 26.2 Å². The molecule has 1 fully saturated rings. The van der Waals surface area contributed by atoms with Crippen molar-refractivity contribution < 1.29 is 9.90 Å². The van der Waals surface area contributed by atoms with Gasteiger partial charge in [0.05, 0.1) is 6.54 Å². The molecule has 1 heterocycles. The van der Waals surface area contributed by atoms with Crippen molar-refractivity contribution in [3.8, 4) is 0 Å². The van der Waals surface area contributed by atoms with Crippen LogP contribution in [0.15, 0.2) is 0 Å². The predicted molar refractivity (Wildman–Crippen MR) is 81.2 cm³/mol. The van der Waals surface area contributed by atoms with Crippen LogP contribution >= 0.6 is 0 Å². The molecule has 0 bridgehead atoms. The number of hydrogen-bond acceptors (Lipinski definition) is 5. The van der Waals surface area contributed by atoms with Crippen LogP contribution in [-0.4, -0.2) is 86.3 Å². The van der Waals surface area contributed by atoms with Gasteiger partial charge in [-0.2, -0.15) is 0 Å². The van der Waals surface area contributed by atoms with E-state index in [1.165, 1.54) is 0 Å². The molecule has 1 aliphatic heterocycles. The molecule has 0 spiro atoms. The van der Waals surface area contributed by atoms with Gasteiger partial charge < -0.3 is 20.6 Å². The first-order chi connectivity index (χ1) is 9.72. The molecule has 1 saturated heterocycles. The van der Waals surface area contributed by atoms with Crippen molar-refractivity contribution in [2.24, 2.45) is 0 Å². The molecule has 0 aromatic heterocycles. The van der Waals surface area contributed by atoms with Gasteiger partial charge >= 0.3 is 5.97 Å². The lowest BCUT2D eigenvalue weighted by Crippen LogP contribution is -2.39. The standard InChI is InChI=1S/C14H30N4O2/c1-2-17-9-3-5-16-8-12-18(13-14(19)20)10-4-6-15-7-11-17/h15-16H,2-13H2,1H3,(H,19,20). The Labute approximate surface area is 122 Å². The van der Waals surface area contributed by atoms with E-state index in [-0.39, 0.29) is 6.54 Å². The maximum Gasteiger partial charge on any atom is 0.317 e. The van der Waals surface area contributed by atoms with Gasteiger partial charge in [-0.1, -0.05) is 6.92 Å². The summed E-state index contributed by atoms with van der Waals surface area (Å²) in [4.78, 5) is 15.3. The first kappa shape index (κ1) is 17.4. The average Bonchev–Trinajstić information content (AvgIpc) is 2.42. The summed E-state index contributed by atoms with van der Waals surface area (Å²) in [5.74, 6) is -0.738. The monoisotopic (exact) mass is 286 g/mol. The average molecular weight is 286 g/mol. The summed E-state index contributed by atoms with van der Waals surface area (Å²) in [7, 11) is 0. The van der Waals surface area contributed by atoms with Crippen LogP contribution in [0, 0.1) is 0 Å². The summed E-state index contributed by atoms with van der Waals surface area (Å²) < 4.78 is 0. The number of rotatable bonds is 3. The maximum absolute atomic E-state index is 10.8. The third-order valence-electron chi connectivity index (χ3n) is 3.67. The molecule has 0 amide bonds.